The third kappa shape index (κ3) is 2.20. The Labute approximate surface area is 99.9 Å². The van der Waals surface area contributed by atoms with Gasteiger partial charge in [0.1, 0.15) is 11.9 Å². The van der Waals surface area contributed by atoms with Crippen LogP contribution in [0.3, 0.4) is 0 Å². The van der Waals surface area contributed by atoms with Crippen molar-refractivity contribution in [3.63, 3.8) is 0 Å². The number of hydrogen-bond donors (Lipinski definition) is 0. The average molecular weight is 230 g/mol. The van der Waals surface area contributed by atoms with Gasteiger partial charge in [-0.15, -0.1) is 0 Å². The molecule has 0 aliphatic carbocycles. The summed E-state index contributed by atoms with van der Waals surface area (Å²) in [5.74, 6) is 0.490. The Kier molecular flexibility index (Phi) is 3.23. The summed E-state index contributed by atoms with van der Waals surface area (Å²) < 4.78 is 6.55. The number of carbonyl (C=O) groups excluding carboxylic acids is 1. The van der Waals surface area contributed by atoms with E-state index in [4.69, 9.17) is 4.74 Å². The molecule has 2 rings (SSSR count). The van der Waals surface area contributed by atoms with Gasteiger partial charge in [0.2, 0.25) is 0 Å². The van der Waals surface area contributed by atoms with Gasteiger partial charge in [0.25, 0.3) is 0 Å². The number of hydrogen-bond acceptors (Lipinski definition) is 3. The van der Waals surface area contributed by atoms with E-state index in [1.165, 1.54) is 7.11 Å². The Morgan fingerprint density at radius 1 is 1.35 bits per heavy atom. The fourth-order valence-electron chi connectivity index (χ4n) is 1.72. The van der Waals surface area contributed by atoms with Crippen molar-refractivity contribution in [3.8, 4) is 11.4 Å². The van der Waals surface area contributed by atoms with Crippen LogP contribution in [0.4, 0.5) is 0 Å². The van der Waals surface area contributed by atoms with Crippen LogP contribution in [0.25, 0.3) is 11.4 Å². The van der Waals surface area contributed by atoms with Crippen molar-refractivity contribution >= 4 is 5.97 Å². The molecule has 1 heterocycles. The van der Waals surface area contributed by atoms with E-state index < -0.39 is 0 Å². The number of benzene rings is 1. The van der Waals surface area contributed by atoms with E-state index in [-0.39, 0.29) is 12.0 Å². The van der Waals surface area contributed by atoms with Crippen LogP contribution in [0.2, 0.25) is 0 Å². The van der Waals surface area contributed by atoms with Gasteiger partial charge < -0.3 is 9.30 Å². The summed E-state index contributed by atoms with van der Waals surface area (Å²) in [4.78, 5) is 15.8. The van der Waals surface area contributed by atoms with E-state index in [1.807, 2.05) is 30.3 Å². The Bertz CT molecular complexity index is 505. The predicted molar refractivity (Wildman–Crippen MR) is 64.4 cm³/mol. The fourth-order valence-corrected chi connectivity index (χ4v) is 1.72. The highest BCUT2D eigenvalue weighted by molar-refractivity contribution is 5.74. The van der Waals surface area contributed by atoms with Gasteiger partial charge in [0, 0.05) is 18.0 Å². The fraction of sp³-hybridized carbons (Fsp3) is 0.231. The minimum absolute atomic E-state index is 0.278. The van der Waals surface area contributed by atoms with Crippen LogP contribution in [-0.2, 0) is 9.53 Å². The number of methoxy groups -OCH3 is 1. The van der Waals surface area contributed by atoms with Crippen LogP contribution in [0.15, 0.2) is 42.7 Å². The molecule has 0 spiro atoms. The molecule has 0 aliphatic rings. The van der Waals surface area contributed by atoms with Crippen LogP contribution in [0.1, 0.15) is 13.0 Å². The summed E-state index contributed by atoms with van der Waals surface area (Å²) in [7, 11) is 1.39. The molecule has 0 saturated carbocycles. The second kappa shape index (κ2) is 4.82. The van der Waals surface area contributed by atoms with Crippen LogP contribution < -0.4 is 0 Å². The summed E-state index contributed by atoms with van der Waals surface area (Å²) in [6.45, 7) is 1.79. The van der Waals surface area contributed by atoms with Gasteiger partial charge in [0.15, 0.2) is 0 Å². The second-order valence-electron chi connectivity index (χ2n) is 3.72. The summed E-state index contributed by atoms with van der Waals surface area (Å²) in [6.07, 6.45) is 3.46. The van der Waals surface area contributed by atoms with Crippen LogP contribution in [0, 0.1) is 0 Å². The molecular weight excluding hydrogens is 216 g/mol. The lowest BCUT2D eigenvalue weighted by atomic mass is 10.2. The first kappa shape index (κ1) is 11.4. The molecule has 1 aromatic carbocycles. The van der Waals surface area contributed by atoms with Gasteiger partial charge in [0.05, 0.1) is 7.11 Å². The average Bonchev–Trinajstić information content (AvgIpc) is 2.87. The molecule has 1 unspecified atom stereocenters. The highest BCUT2D eigenvalue weighted by atomic mass is 16.5. The molecule has 17 heavy (non-hydrogen) atoms. The van der Waals surface area contributed by atoms with Crippen molar-refractivity contribution in [2.24, 2.45) is 0 Å². The predicted octanol–water partition coefficient (Wildman–Crippen LogP) is 2.28. The van der Waals surface area contributed by atoms with Gasteiger partial charge in [-0.25, -0.2) is 9.78 Å². The highest BCUT2D eigenvalue weighted by Crippen LogP contribution is 2.21. The van der Waals surface area contributed by atoms with Gasteiger partial charge in [-0.3, -0.25) is 0 Å². The number of aromatic nitrogens is 2. The van der Waals surface area contributed by atoms with Gasteiger partial charge in [-0.05, 0) is 6.92 Å². The molecular formula is C13H14N2O2. The van der Waals surface area contributed by atoms with Crippen molar-refractivity contribution < 1.29 is 9.53 Å². The zero-order chi connectivity index (χ0) is 12.3. The number of rotatable bonds is 3. The molecule has 0 N–H and O–H groups in total. The number of esters is 1. The third-order valence-electron chi connectivity index (χ3n) is 2.66. The maximum atomic E-state index is 11.5. The van der Waals surface area contributed by atoms with Gasteiger partial charge in [-0.1, -0.05) is 30.3 Å². The lowest BCUT2D eigenvalue weighted by Gasteiger charge is -2.13. The molecule has 2 aromatic rings. The number of carbonyl (C=O) groups is 1. The number of ether oxygens (including phenoxy) is 1. The number of imidazole rings is 1. The minimum atomic E-state index is -0.377. The molecule has 0 aliphatic heterocycles. The summed E-state index contributed by atoms with van der Waals surface area (Å²) >= 11 is 0. The summed E-state index contributed by atoms with van der Waals surface area (Å²) in [5.41, 5.74) is 0.980. The van der Waals surface area contributed by atoms with E-state index in [0.717, 1.165) is 11.4 Å². The molecule has 0 radical (unpaired) electrons. The first-order chi connectivity index (χ1) is 8.24. The van der Waals surface area contributed by atoms with E-state index in [1.54, 1.807) is 23.9 Å². The summed E-state index contributed by atoms with van der Waals surface area (Å²) in [5, 5.41) is 0. The molecule has 88 valence electrons. The van der Waals surface area contributed by atoms with Gasteiger partial charge in [-0.2, -0.15) is 0 Å². The monoisotopic (exact) mass is 230 g/mol. The first-order valence-corrected chi connectivity index (χ1v) is 5.40. The maximum Gasteiger partial charge on any atom is 0.328 e. The first-order valence-electron chi connectivity index (χ1n) is 5.40. The van der Waals surface area contributed by atoms with Crippen LogP contribution in [-0.4, -0.2) is 22.6 Å². The third-order valence-corrected chi connectivity index (χ3v) is 2.66. The minimum Gasteiger partial charge on any atom is -0.467 e. The second-order valence-corrected chi connectivity index (χ2v) is 3.72. The Morgan fingerprint density at radius 2 is 2.06 bits per heavy atom. The van der Waals surface area contributed by atoms with E-state index >= 15 is 0 Å². The Hall–Kier alpha value is -2.10. The lowest BCUT2D eigenvalue weighted by molar-refractivity contribution is -0.143. The molecule has 1 atom stereocenters. The molecule has 4 nitrogen and oxygen atoms in total. The highest BCUT2D eigenvalue weighted by Gasteiger charge is 2.18. The lowest BCUT2D eigenvalue weighted by Crippen LogP contribution is -2.18. The molecule has 0 amide bonds. The van der Waals surface area contributed by atoms with Crippen molar-refractivity contribution in [1.82, 2.24) is 9.55 Å². The molecule has 1 aromatic heterocycles. The van der Waals surface area contributed by atoms with Gasteiger partial charge >= 0.3 is 5.97 Å². The van der Waals surface area contributed by atoms with Crippen LogP contribution >= 0.6 is 0 Å². The standard InChI is InChI=1S/C13H14N2O2/c1-10(13(16)17-2)15-9-8-14-12(15)11-6-4-3-5-7-11/h3-10H,1-2H3. The van der Waals surface area contributed by atoms with Crippen molar-refractivity contribution in [3.05, 3.63) is 42.7 Å². The SMILES string of the molecule is COC(=O)C(C)n1ccnc1-c1ccccc1. The molecule has 0 bridgehead atoms. The van der Waals surface area contributed by atoms with Crippen molar-refractivity contribution in [2.75, 3.05) is 7.11 Å². The van der Waals surface area contributed by atoms with E-state index in [2.05, 4.69) is 4.98 Å². The van der Waals surface area contributed by atoms with Crippen molar-refractivity contribution in [2.45, 2.75) is 13.0 Å². The smallest absolute Gasteiger partial charge is 0.328 e. The zero-order valence-corrected chi connectivity index (χ0v) is 9.83. The van der Waals surface area contributed by atoms with E-state index in [9.17, 15) is 4.79 Å². The maximum absolute atomic E-state index is 11.5. The van der Waals surface area contributed by atoms with Crippen molar-refractivity contribution in [1.29, 1.82) is 0 Å². The quantitative estimate of drug-likeness (QED) is 0.760. The zero-order valence-electron chi connectivity index (χ0n) is 9.83. The number of nitrogens with zero attached hydrogens (tertiary/aromatic N) is 2. The molecule has 4 heteroatoms. The van der Waals surface area contributed by atoms with Crippen LogP contribution in [0.5, 0.6) is 0 Å². The largest absolute Gasteiger partial charge is 0.467 e. The topological polar surface area (TPSA) is 44.1 Å². The van der Waals surface area contributed by atoms with E-state index in [0.29, 0.717) is 0 Å². The molecule has 0 saturated heterocycles. The Morgan fingerprint density at radius 3 is 2.71 bits per heavy atom. The normalized spacial score (nSPS) is 12.1. The summed E-state index contributed by atoms with van der Waals surface area (Å²) in [6, 6.07) is 9.37. The Balaban J connectivity index is 2.39. The molecule has 0 fully saturated rings.